The second-order valence-electron chi connectivity index (χ2n) is 7.79. The van der Waals surface area contributed by atoms with Gasteiger partial charge in [-0.3, -0.25) is 0 Å². The molecule has 1 fully saturated rings. The van der Waals surface area contributed by atoms with Crippen LogP contribution in [-0.4, -0.2) is 14.2 Å². The summed E-state index contributed by atoms with van der Waals surface area (Å²) in [5, 5.41) is 1.76. The zero-order valence-electron chi connectivity index (χ0n) is 14.2. The predicted octanol–water partition coefficient (Wildman–Crippen LogP) is 5.51. The van der Waals surface area contributed by atoms with Gasteiger partial charge in [0.2, 0.25) is 0 Å². The van der Waals surface area contributed by atoms with Crippen LogP contribution in [0.2, 0.25) is 19.6 Å². The Morgan fingerprint density at radius 2 is 1.91 bits per heavy atom. The number of ether oxygens (including phenoxy) is 1. The van der Waals surface area contributed by atoms with E-state index in [1.807, 2.05) is 0 Å². The molecule has 2 heteroatoms. The Morgan fingerprint density at radius 3 is 2.59 bits per heavy atom. The maximum Gasteiger partial charge on any atom is 0.0728 e. The van der Waals surface area contributed by atoms with Crippen LogP contribution in [0.1, 0.15) is 31.2 Å². The van der Waals surface area contributed by atoms with E-state index >= 15 is 0 Å². The molecule has 0 N–H and O–H groups in total. The minimum Gasteiger partial charge on any atom is -0.373 e. The van der Waals surface area contributed by atoms with Gasteiger partial charge in [0.05, 0.1) is 20.8 Å². The first-order valence-electron chi connectivity index (χ1n) is 8.52. The lowest BCUT2D eigenvalue weighted by Gasteiger charge is -2.33. The third-order valence-corrected chi connectivity index (χ3v) is 7.43. The van der Waals surface area contributed by atoms with Crippen molar-refractivity contribution in [2.75, 3.05) is 0 Å². The summed E-state index contributed by atoms with van der Waals surface area (Å²) in [6, 6.07) is 10.5. The van der Waals surface area contributed by atoms with Crippen molar-refractivity contribution in [1.82, 2.24) is 0 Å². The zero-order chi connectivity index (χ0) is 15.7. The van der Waals surface area contributed by atoms with Crippen LogP contribution in [0.4, 0.5) is 0 Å². The standard InChI is InChI=1S/C20H28OSi/c1-15-13-19(22(2,3)4)17-11-8-12-18(20(15)17)21-14-16-9-6-5-7-10-16/h5-7,9-10,18,20H,1,8,11-14H2,2-4H3/t18-,20+/m0/s1. The van der Waals surface area contributed by atoms with Gasteiger partial charge in [-0.1, -0.05) is 72.9 Å². The normalized spacial score (nSPS) is 25.5. The van der Waals surface area contributed by atoms with Crippen LogP contribution >= 0.6 is 0 Å². The van der Waals surface area contributed by atoms with Crippen molar-refractivity contribution in [2.24, 2.45) is 5.92 Å². The molecule has 0 spiro atoms. The first-order chi connectivity index (χ1) is 10.5. The van der Waals surface area contributed by atoms with Crippen molar-refractivity contribution in [3.63, 3.8) is 0 Å². The summed E-state index contributed by atoms with van der Waals surface area (Å²) in [7, 11) is -1.23. The summed E-state index contributed by atoms with van der Waals surface area (Å²) in [5.74, 6) is 0.499. The lowest BCUT2D eigenvalue weighted by molar-refractivity contribution is 0.00582. The molecule has 1 aromatic carbocycles. The van der Waals surface area contributed by atoms with Gasteiger partial charge < -0.3 is 4.74 Å². The topological polar surface area (TPSA) is 9.23 Å². The van der Waals surface area contributed by atoms with Gasteiger partial charge in [0.1, 0.15) is 0 Å². The Kier molecular flexibility index (Phi) is 4.42. The van der Waals surface area contributed by atoms with E-state index in [9.17, 15) is 0 Å². The molecule has 1 nitrogen and oxygen atoms in total. The van der Waals surface area contributed by atoms with Crippen LogP contribution in [0.3, 0.4) is 0 Å². The van der Waals surface area contributed by atoms with Crippen molar-refractivity contribution in [2.45, 2.75) is 58.0 Å². The number of allylic oxidation sites excluding steroid dienone is 1. The van der Waals surface area contributed by atoms with Crippen molar-refractivity contribution in [3.8, 4) is 0 Å². The Morgan fingerprint density at radius 1 is 1.18 bits per heavy atom. The first-order valence-corrected chi connectivity index (χ1v) is 12.0. The van der Waals surface area contributed by atoms with Crippen LogP contribution in [-0.2, 0) is 11.3 Å². The molecular formula is C20H28OSi. The molecule has 0 heterocycles. The van der Waals surface area contributed by atoms with E-state index < -0.39 is 8.07 Å². The Labute approximate surface area is 136 Å². The maximum absolute atomic E-state index is 6.33. The third-order valence-electron chi connectivity index (χ3n) is 5.13. The first kappa shape index (κ1) is 15.8. The molecule has 118 valence electrons. The lowest BCUT2D eigenvalue weighted by atomic mass is 9.81. The number of hydrogen-bond donors (Lipinski definition) is 0. The van der Waals surface area contributed by atoms with Gasteiger partial charge in [-0.15, -0.1) is 0 Å². The van der Waals surface area contributed by atoms with Gasteiger partial charge in [0.15, 0.2) is 0 Å². The second kappa shape index (κ2) is 6.17. The number of fused-ring (bicyclic) bond motifs is 1. The summed E-state index contributed by atoms with van der Waals surface area (Å²) < 4.78 is 6.33. The van der Waals surface area contributed by atoms with E-state index in [0.29, 0.717) is 12.0 Å². The van der Waals surface area contributed by atoms with E-state index in [0.717, 1.165) is 13.0 Å². The third kappa shape index (κ3) is 3.13. The fraction of sp³-hybridized carbons (Fsp3) is 0.500. The van der Waals surface area contributed by atoms with Crippen LogP contribution in [0.15, 0.2) is 53.3 Å². The highest BCUT2D eigenvalue weighted by molar-refractivity contribution is 6.83. The van der Waals surface area contributed by atoms with Gasteiger partial charge in [0.25, 0.3) is 0 Å². The molecule has 0 bridgehead atoms. The minimum atomic E-state index is -1.23. The molecule has 2 aliphatic rings. The maximum atomic E-state index is 6.33. The van der Waals surface area contributed by atoms with Crippen LogP contribution in [0, 0.1) is 5.92 Å². The van der Waals surface area contributed by atoms with Gasteiger partial charge in [-0.05, 0) is 31.2 Å². The minimum absolute atomic E-state index is 0.338. The summed E-state index contributed by atoms with van der Waals surface area (Å²) in [6.07, 6.45) is 5.20. The predicted molar refractivity (Wildman–Crippen MR) is 96.5 cm³/mol. The highest BCUT2D eigenvalue weighted by Gasteiger charge is 2.40. The van der Waals surface area contributed by atoms with Crippen molar-refractivity contribution in [3.05, 3.63) is 58.8 Å². The largest absolute Gasteiger partial charge is 0.373 e. The Hall–Kier alpha value is -1.12. The highest BCUT2D eigenvalue weighted by atomic mass is 28.3. The van der Waals surface area contributed by atoms with E-state index in [1.165, 1.54) is 30.4 Å². The Bertz CT molecular complexity index is 579. The van der Waals surface area contributed by atoms with Crippen LogP contribution in [0.5, 0.6) is 0 Å². The van der Waals surface area contributed by atoms with Crippen LogP contribution in [0.25, 0.3) is 0 Å². The van der Waals surface area contributed by atoms with E-state index in [-0.39, 0.29) is 0 Å². The molecule has 0 unspecified atom stereocenters. The van der Waals surface area contributed by atoms with Crippen molar-refractivity contribution >= 4 is 8.07 Å². The molecular weight excluding hydrogens is 284 g/mol. The van der Waals surface area contributed by atoms with E-state index in [4.69, 9.17) is 4.74 Å². The molecule has 0 aromatic heterocycles. The molecule has 0 radical (unpaired) electrons. The molecule has 22 heavy (non-hydrogen) atoms. The molecule has 1 aromatic rings. The average molecular weight is 313 g/mol. The summed E-state index contributed by atoms with van der Waals surface area (Å²) in [5.41, 5.74) is 4.38. The van der Waals surface area contributed by atoms with E-state index in [2.05, 4.69) is 56.6 Å². The van der Waals surface area contributed by atoms with Crippen molar-refractivity contribution < 1.29 is 4.74 Å². The molecule has 0 amide bonds. The summed E-state index contributed by atoms with van der Waals surface area (Å²) >= 11 is 0. The van der Waals surface area contributed by atoms with E-state index in [1.54, 1.807) is 10.8 Å². The summed E-state index contributed by atoms with van der Waals surface area (Å²) in [6.45, 7) is 12.6. The fourth-order valence-corrected chi connectivity index (χ4v) is 6.04. The quantitative estimate of drug-likeness (QED) is 0.526. The fourth-order valence-electron chi connectivity index (χ4n) is 4.04. The van der Waals surface area contributed by atoms with Crippen LogP contribution < -0.4 is 0 Å². The summed E-state index contributed by atoms with van der Waals surface area (Å²) in [4.78, 5) is 0. The zero-order valence-corrected chi connectivity index (χ0v) is 15.2. The highest BCUT2D eigenvalue weighted by Crippen LogP contribution is 2.48. The average Bonchev–Trinajstić information content (AvgIpc) is 2.84. The molecule has 2 atom stereocenters. The number of benzene rings is 1. The number of rotatable bonds is 4. The second-order valence-corrected chi connectivity index (χ2v) is 12.9. The lowest BCUT2D eigenvalue weighted by Crippen LogP contribution is -2.30. The van der Waals surface area contributed by atoms with Crippen molar-refractivity contribution in [1.29, 1.82) is 0 Å². The van der Waals surface area contributed by atoms with Gasteiger partial charge >= 0.3 is 0 Å². The smallest absolute Gasteiger partial charge is 0.0728 e. The van der Waals surface area contributed by atoms with Gasteiger partial charge in [-0.25, -0.2) is 0 Å². The molecule has 0 aliphatic heterocycles. The molecule has 1 saturated carbocycles. The monoisotopic (exact) mass is 312 g/mol. The Balaban J connectivity index is 1.76. The molecule has 2 aliphatic carbocycles. The van der Waals surface area contributed by atoms with Gasteiger partial charge in [-0.2, -0.15) is 0 Å². The SMILES string of the molecule is C=C1CC([Si](C)(C)C)=C2CCC[C@H](OCc3ccccc3)[C@H]12. The molecule has 3 rings (SSSR count). The number of hydrogen-bond acceptors (Lipinski definition) is 1. The molecule has 0 saturated heterocycles. The van der Waals surface area contributed by atoms with Gasteiger partial charge in [0, 0.05) is 5.92 Å².